The zero-order valence-electron chi connectivity index (χ0n) is 16.0. The molecule has 4 nitrogen and oxygen atoms in total. The number of thioether (sulfide) groups is 1. The first-order chi connectivity index (χ1) is 13.6. The number of nitrogens with zero attached hydrogens (tertiary/aromatic N) is 2. The Hall–Kier alpha value is -2.60. The Labute approximate surface area is 169 Å². The number of unbranched alkanes of at least 4 members (excludes halogenated alkanes) is 1. The van der Waals surface area contributed by atoms with Gasteiger partial charge in [0.2, 0.25) is 0 Å². The maximum atomic E-state index is 13.1. The van der Waals surface area contributed by atoms with Crippen LogP contribution in [0.15, 0.2) is 58.4 Å². The Kier molecular flexibility index (Phi) is 6.87. The molecule has 1 aliphatic heterocycles. The second-order valence-electron chi connectivity index (χ2n) is 6.30. The molecule has 0 radical (unpaired) electrons. The summed E-state index contributed by atoms with van der Waals surface area (Å²) in [5.41, 5.74) is 1.54. The summed E-state index contributed by atoms with van der Waals surface area (Å²) in [6.45, 7) is 5.26. The normalized spacial score (nSPS) is 17.0. The van der Waals surface area contributed by atoms with Crippen molar-refractivity contribution >= 4 is 34.6 Å². The van der Waals surface area contributed by atoms with E-state index in [1.54, 1.807) is 17.0 Å². The van der Waals surface area contributed by atoms with E-state index in [1.165, 1.54) is 23.9 Å². The average Bonchev–Trinajstić information content (AvgIpc) is 2.99. The van der Waals surface area contributed by atoms with Crippen molar-refractivity contribution in [2.75, 3.05) is 13.2 Å². The average molecular weight is 399 g/mol. The number of halogens is 1. The van der Waals surface area contributed by atoms with Gasteiger partial charge in [0, 0.05) is 6.54 Å². The highest BCUT2D eigenvalue weighted by Crippen LogP contribution is 2.34. The van der Waals surface area contributed by atoms with Crippen molar-refractivity contribution in [2.24, 2.45) is 4.99 Å². The third-order valence-electron chi connectivity index (χ3n) is 4.20. The molecule has 28 heavy (non-hydrogen) atoms. The lowest BCUT2D eigenvalue weighted by Gasteiger charge is -2.11. The Morgan fingerprint density at radius 1 is 1.11 bits per heavy atom. The first-order valence-corrected chi connectivity index (χ1v) is 10.2. The number of benzene rings is 2. The number of carbonyl (C=O) groups is 1. The summed E-state index contributed by atoms with van der Waals surface area (Å²) in [6, 6.07) is 13.6. The van der Waals surface area contributed by atoms with Crippen molar-refractivity contribution in [3.63, 3.8) is 0 Å². The van der Waals surface area contributed by atoms with Gasteiger partial charge < -0.3 is 4.74 Å². The number of hydrogen-bond donors (Lipinski definition) is 0. The van der Waals surface area contributed by atoms with Gasteiger partial charge in [-0.3, -0.25) is 9.69 Å². The van der Waals surface area contributed by atoms with Crippen LogP contribution < -0.4 is 4.74 Å². The van der Waals surface area contributed by atoms with Gasteiger partial charge in [0.1, 0.15) is 11.6 Å². The minimum absolute atomic E-state index is 0.0726. The molecule has 0 aromatic heterocycles. The molecule has 1 saturated heterocycles. The summed E-state index contributed by atoms with van der Waals surface area (Å²) < 4.78 is 18.8. The fourth-order valence-electron chi connectivity index (χ4n) is 2.64. The van der Waals surface area contributed by atoms with E-state index in [0.29, 0.717) is 28.9 Å². The first kappa shape index (κ1) is 20.1. The molecule has 6 heteroatoms. The van der Waals surface area contributed by atoms with E-state index in [1.807, 2.05) is 37.3 Å². The van der Waals surface area contributed by atoms with Gasteiger partial charge in [-0.1, -0.05) is 25.5 Å². The van der Waals surface area contributed by atoms with Crippen molar-refractivity contribution in [1.82, 2.24) is 4.90 Å². The van der Waals surface area contributed by atoms with Crippen LogP contribution in [0.1, 0.15) is 32.3 Å². The van der Waals surface area contributed by atoms with Crippen LogP contribution in [-0.2, 0) is 4.79 Å². The summed E-state index contributed by atoms with van der Waals surface area (Å²) in [7, 11) is 0. The van der Waals surface area contributed by atoms with Crippen molar-refractivity contribution in [3.05, 3.63) is 64.8 Å². The topological polar surface area (TPSA) is 41.9 Å². The summed E-state index contributed by atoms with van der Waals surface area (Å²) in [4.78, 5) is 19.5. The molecule has 0 saturated carbocycles. The van der Waals surface area contributed by atoms with Gasteiger partial charge in [-0.15, -0.1) is 0 Å². The summed E-state index contributed by atoms with van der Waals surface area (Å²) in [5.74, 6) is 0.445. The van der Waals surface area contributed by atoms with Crippen LogP contribution in [0.4, 0.5) is 10.1 Å². The molecule has 2 aromatic carbocycles. The monoisotopic (exact) mass is 398 g/mol. The van der Waals surface area contributed by atoms with Crippen molar-refractivity contribution in [2.45, 2.75) is 26.7 Å². The lowest BCUT2D eigenvalue weighted by molar-refractivity contribution is -0.122. The molecule has 146 valence electrons. The van der Waals surface area contributed by atoms with Gasteiger partial charge >= 0.3 is 0 Å². The van der Waals surface area contributed by atoms with Gasteiger partial charge in [0.25, 0.3) is 5.91 Å². The van der Waals surface area contributed by atoms with Crippen molar-refractivity contribution in [1.29, 1.82) is 0 Å². The number of hydrogen-bond acceptors (Lipinski definition) is 4. The molecule has 1 fully saturated rings. The maximum Gasteiger partial charge on any atom is 0.266 e. The summed E-state index contributed by atoms with van der Waals surface area (Å²) >= 11 is 1.33. The van der Waals surface area contributed by atoms with Crippen LogP contribution in [-0.4, -0.2) is 29.1 Å². The van der Waals surface area contributed by atoms with Crippen LogP contribution in [0.3, 0.4) is 0 Å². The Morgan fingerprint density at radius 2 is 1.82 bits per heavy atom. The van der Waals surface area contributed by atoms with Gasteiger partial charge in [0.05, 0.1) is 17.2 Å². The van der Waals surface area contributed by atoms with Crippen molar-refractivity contribution < 1.29 is 13.9 Å². The summed E-state index contributed by atoms with van der Waals surface area (Å²) in [6.07, 6.45) is 3.98. The third-order valence-corrected chi connectivity index (χ3v) is 5.21. The van der Waals surface area contributed by atoms with E-state index in [2.05, 4.69) is 11.9 Å². The number of amides is 1. The molecule has 0 unspecified atom stereocenters. The van der Waals surface area contributed by atoms with E-state index in [0.717, 1.165) is 24.2 Å². The van der Waals surface area contributed by atoms with Crippen LogP contribution in [0.25, 0.3) is 6.08 Å². The highest BCUT2D eigenvalue weighted by molar-refractivity contribution is 8.18. The number of carbonyl (C=O) groups excluding carboxylic acids is 1. The molecule has 0 N–H and O–H groups in total. The van der Waals surface area contributed by atoms with Crippen LogP contribution in [0.2, 0.25) is 0 Å². The zero-order valence-corrected chi connectivity index (χ0v) is 16.8. The van der Waals surface area contributed by atoms with Gasteiger partial charge in [-0.25, -0.2) is 9.38 Å². The molecule has 1 heterocycles. The molecular weight excluding hydrogens is 375 g/mol. The SMILES string of the molecule is CCCCOc1ccc(/C=C2/SC(=Nc3ccc(F)cc3)N(CC)C2=O)cc1. The second-order valence-corrected chi connectivity index (χ2v) is 7.31. The highest BCUT2D eigenvalue weighted by atomic mass is 32.2. The van der Waals surface area contributed by atoms with E-state index >= 15 is 0 Å². The number of rotatable bonds is 7. The lowest BCUT2D eigenvalue weighted by Crippen LogP contribution is -2.28. The number of ether oxygens (including phenoxy) is 1. The van der Waals surface area contributed by atoms with E-state index in [9.17, 15) is 9.18 Å². The number of amidine groups is 1. The molecule has 0 spiro atoms. The molecule has 2 aromatic rings. The Morgan fingerprint density at radius 3 is 2.46 bits per heavy atom. The van der Waals surface area contributed by atoms with Crippen LogP contribution in [0, 0.1) is 5.82 Å². The minimum atomic E-state index is -0.311. The Balaban J connectivity index is 1.76. The highest BCUT2D eigenvalue weighted by Gasteiger charge is 2.32. The lowest BCUT2D eigenvalue weighted by atomic mass is 10.2. The minimum Gasteiger partial charge on any atom is -0.494 e. The predicted octanol–water partition coefficient (Wildman–Crippen LogP) is 5.63. The smallest absolute Gasteiger partial charge is 0.266 e. The molecule has 1 amide bonds. The van der Waals surface area contributed by atoms with Crippen molar-refractivity contribution in [3.8, 4) is 5.75 Å². The fourth-order valence-corrected chi connectivity index (χ4v) is 3.70. The second kappa shape index (κ2) is 9.55. The summed E-state index contributed by atoms with van der Waals surface area (Å²) in [5, 5.41) is 0.602. The largest absolute Gasteiger partial charge is 0.494 e. The van der Waals surface area contributed by atoms with E-state index in [4.69, 9.17) is 4.74 Å². The molecule has 3 rings (SSSR count). The third kappa shape index (κ3) is 5.01. The zero-order chi connectivity index (χ0) is 19.9. The van der Waals surface area contributed by atoms with Crippen LogP contribution in [0.5, 0.6) is 5.75 Å². The number of aliphatic imine (C=N–C) groups is 1. The van der Waals surface area contributed by atoms with Gasteiger partial charge in [0.15, 0.2) is 5.17 Å². The molecular formula is C22H23FN2O2S. The number of likely N-dealkylation sites (N-methyl/N-ethyl adjacent to an activating group) is 1. The maximum absolute atomic E-state index is 13.1. The predicted molar refractivity (Wildman–Crippen MR) is 113 cm³/mol. The van der Waals surface area contributed by atoms with Gasteiger partial charge in [-0.05, 0) is 73.1 Å². The van der Waals surface area contributed by atoms with E-state index < -0.39 is 0 Å². The quantitative estimate of drug-likeness (QED) is 0.448. The first-order valence-electron chi connectivity index (χ1n) is 9.39. The van der Waals surface area contributed by atoms with E-state index in [-0.39, 0.29) is 11.7 Å². The van der Waals surface area contributed by atoms with Gasteiger partial charge in [-0.2, -0.15) is 0 Å². The Bertz CT molecular complexity index is 876. The molecule has 1 aliphatic rings. The molecule has 0 atom stereocenters. The molecule has 0 bridgehead atoms. The van der Waals surface area contributed by atoms with Crippen LogP contribution >= 0.6 is 11.8 Å². The molecule has 0 aliphatic carbocycles. The fraction of sp³-hybridized carbons (Fsp3) is 0.273. The standard InChI is InChI=1S/C22H23FN2O2S/c1-3-5-14-27-19-12-6-16(7-13-19)15-20-21(26)25(4-2)22(28-20)24-18-10-8-17(23)9-11-18/h6-13,15H,3-5,14H2,1-2H3/b20-15+,24-22?.